The van der Waals surface area contributed by atoms with Crippen LogP contribution in [0.25, 0.3) is 5.57 Å². The summed E-state index contributed by atoms with van der Waals surface area (Å²) in [5, 5.41) is 0.625. The Hall–Kier alpha value is -3.37. The van der Waals surface area contributed by atoms with Crippen LogP contribution in [-0.4, -0.2) is 28.2 Å². The smallest absolute Gasteiger partial charge is 0.278 e. The number of hydrogen-bond donors (Lipinski definition) is 0. The second kappa shape index (κ2) is 8.53. The number of fused-ring (bicyclic) bond motifs is 1. The summed E-state index contributed by atoms with van der Waals surface area (Å²) < 4.78 is 0. The van der Waals surface area contributed by atoms with Crippen LogP contribution < -0.4 is 0 Å². The first-order valence-corrected chi connectivity index (χ1v) is 11.5. The van der Waals surface area contributed by atoms with Crippen molar-refractivity contribution in [2.75, 3.05) is 6.54 Å². The van der Waals surface area contributed by atoms with E-state index < -0.39 is 0 Å². The summed E-state index contributed by atoms with van der Waals surface area (Å²) in [7, 11) is 0. The molecule has 2 amide bonds. The quantitative estimate of drug-likeness (QED) is 0.500. The van der Waals surface area contributed by atoms with Crippen LogP contribution in [0.4, 0.5) is 0 Å². The topological polar surface area (TPSA) is 40.6 Å². The first kappa shape index (κ1) is 21.5. The molecule has 5 rings (SSSR count). The number of nitrogens with zero attached hydrogens (tertiary/aromatic N) is 2. The molecule has 2 heterocycles. The molecule has 166 valence electrons. The van der Waals surface area contributed by atoms with E-state index in [9.17, 15) is 9.59 Å². The van der Waals surface area contributed by atoms with Gasteiger partial charge in [-0.05, 0) is 60.2 Å². The highest BCUT2D eigenvalue weighted by atomic mass is 35.5. The van der Waals surface area contributed by atoms with Crippen LogP contribution in [0.1, 0.15) is 33.4 Å². The molecule has 0 saturated heterocycles. The Bertz CT molecular complexity index is 1290. The fourth-order valence-electron chi connectivity index (χ4n) is 4.80. The number of rotatable bonds is 4. The number of halogens is 1. The molecule has 0 fully saturated rings. The van der Waals surface area contributed by atoms with E-state index in [0.717, 1.165) is 28.7 Å². The Morgan fingerprint density at radius 1 is 0.879 bits per heavy atom. The lowest BCUT2D eigenvalue weighted by molar-refractivity contribution is -0.138. The zero-order valence-electron chi connectivity index (χ0n) is 18.8. The molecule has 2 aliphatic rings. The molecule has 0 N–H and O–H groups in total. The third-order valence-corrected chi connectivity index (χ3v) is 6.75. The van der Waals surface area contributed by atoms with E-state index in [0.29, 0.717) is 29.4 Å². The third-order valence-electron chi connectivity index (χ3n) is 6.50. The molecule has 0 atom stereocenters. The minimum absolute atomic E-state index is 0.219. The summed E-state index contributed by atoms with van der Waals surface area (Å²) in [6, 6.07) is 21.6. The van der Waals surface area contributed by atoms with Gasteiger partial charge in [0.25, 0.3) is 11.8 Å². The molecule has 2 aliphatic heterocycles. The fraction of sp³-hybridized carbons (Fsp3) is 0.214. The Labute approximate surface area is 199 Å². The predicted molar refractivity (Wildman–Crippen MR) is 130 cm³/mol. The van der Waals surface area contributed by atoms with Crippen LogP contribution in [0, 0.1) is 13.8 Å². The number of benzene rings is 3. The SMILES string of the molecule is Cc1ccc(C2=C(N3CCc4ccccc4C3)C(=O)N(Cc3ccc(Cl)cc3)C2=O)c(C)c1. The van der Waals surface area contributed by atoms with Crippen molar-refractivity contribution in [3.05, 3.63) is 111 Å². The van der Waals surface area contributed by atoms with Crippen molar-refractivity contribution < 1.29 is 9.59 Å². The van der Waals surface area contributed by atoms with E-state index in [-0.39, 0.29) is 18.4 Å². The van der Waals surface area contributed by atoms with Gasteiger partial charge in [-0.15, -0.1) is 0 Å². The van der Waals surface area contributed by atoms with Crippen molar-refractivity contribution >= 4 is 29.0 Å². The van der Waals surface area contributed by atoms with Gasteiger partial charge in [0.1, 0.15) is 5.70 Å². The predicted octanol–water partition coefficient (Wildman–Crippen LogP) is 5.30. The van der Waals surface area contributed by atoms with E-state index in [4.69, 9.17) is 11.6 Å². The van der Waals surface area contributed by atoms with Crippen LogP contribution in [0.5, 0.6) is 0 Å². The van der Waals surface area contributed by atoms with Crippen molar-refractivity contribution in [2.45, 2.75) is 33.4 Å². The Morgan fingerprint density at radius 3 is 2.33 bits per heavy atom. The molecule has 3 aromatic carbocycles. The van der Waals surface area contributed by atoms with Gasteiger partial charge in [0.2, 0.25) is 0 Å². The molecule has 0 saturated carbocycles. The number of carbonyl (C=O) groups excluding carboxylic acids is 2. The van der Waals surface area contributed by atoms with Crippen molar-refractivity contribution in [1.29, 1.82) is 0 Å². The van der Waals surface area contributed by atoms with Crippen molar-refractivity contribution in [2.24, 2.45) is 0 Å². The second-order valence-corrected chi connectivity index (χ2v) is 9.24. The van der Waals surface area contributed by atoms with Gasteiger partial charge < -0.3 is 4.90 Å². The molecule has 0 aliphatic carbocycles. The Balaban J connectivity index is 1.58. The summed E-state index contributed by atoms with van der Waals surface area (Å²) in [6.45, 7) is 5.57. The standard InChI is InChI=1S/C28H25ClN2O2/c1-18-7-12-24(19(2)15-18)25-26(30-14-13-21-5-3-4-6-22(21)17-30)28(33)31(27(25)32)16-20-8-10-23(29)11-9-20/h3-12,15H,13-14,16-17H2,1-2H3. The van der Waals surface area contributed by atoms with Gasteiger partial charge in [0.15, 0.2) is 0 Å². The van der Waals surface area contributed by atoms with Gasteiger partial charge in [-0.3, -0.25) is 14.5 Å². The minimum Gasteiger partial charge on any atom is -0.362 e. The van der Waals surface area contributed by atoms with Crippen molar-refractivity contribution in [3.63, 3.8) is 0 Å². The summed E-state index contributed by atoms with van der Waals surface area (Å²) in [6.07, 6.45) is 0.846. The van der Waals surface area contributed by atoms with E-state index in [1.54, 1.807) is 12.1 Å². The van der Waals surface area contributed by atoms with Crippen LogP contribution >= 0.6 is 11.6 Å². The molecule has 5 heteroatoms. The molecule has 3 aromatic rings. The number of aryl methyl sites for hydroxylation is 2. The fourth-order valence-corrected chi connectivity index (χ4v) is 4.92. The molecule has 33 heavy (non-hydrogen) atoms. The van der Waals surface area contributed by atoms with Crippen molar-refractivity contribution in [3.8, 4) is 0 Å². The monoisotopic (exact) mass is 456 g/mol. The average molecular weight is 457 g/mol. The lowest BCUT2D eigenvalue weighted by atomic mass is 9.95. The maximum atomic E-state index is 13.7. The molecule has 0 unspecified atom stereocenters. The summed E-state index contributed by atoms with van der Waals surface area (Å²) in [5.74, 6) is -0.472. The van der Waals surface area contributed by atoms with Gasteiger partial charge in [-0.1, -0.05) is 71.8 Å². The third kappa shape index (κ3) is 3.96. The zero-order valence-corrected chi connectivity index (χ0v) is 19.5. The number of carbonyl (C=O) groups is 2. The highest BCUT2D eigenvalue weighted by Crippen LogP contribution is 2.36. The minimum atomic E-state index is -0.240. The molecule has 0 spiro atoms. The van der Waals surface area contributed by atoms with Gasteiger partial charge in [-0.2, -0.15) is 0 Å². The van der Waals surface area contributed by atoms with E-state index in [2.05, 4.69) is 23.1 Å². The van der Waals surface area contributed by atoms with Gasteiger partial charge in [0.05, 0.1) is 12.1 Å². The maximum absolute atomic E-state index is 13.7. The van der Waals surface area contributed by atoms with Crippen LogP contribution in [0.3, 0.4) is 0 Å². The molecular formula is C28H25ClN2O2. The molecule has 0 radical (unpaired) electrons. The molecule has 0 aromatic heterocycles. The Morgan fingerprint density at radius 2 is 1.61 bits per heavy atom. The highest BCUT2D eigenvalue weighted by molar-refractivity contribution is 6.35. The molecular weight excluding hydrogens is 432 g/mol. The lowest BCUT2D eigenvalue weighted by Crippen LogP contribution is -2.37. The number of imide groups is 1. The van der Waals surface area contributed by atoms with Gasteiger partial charge in [-0.25, -0.2) is 0 Å². The number of amides is 2. The van der Waals surface area contributed by atoms with E-state index in [1.807, 2.05) is 50.2 Å². The van der Waals surface area contributed by atoms with E-state index >= 15 is 0 Å². The molecule has 4 nitrogen and oxygen atoms in total. The van der Waals surface area contributed by atoms with Crippen LogP contribution in [-0.2, 0) is 29.1 Å². The average Bonchev–Trinajstić information content (AvgIpc) is 3.05. The van der Waals surface area contributed by atoms with E-state index in [1.165, 1.54) is 16.0 Å². The van der Waals surface area contributed by atoms with Crippen LogP contribution in [0.2, 0.25) is 5.02 Å². The number of hydrogen-bond acceptors (Lipinski definition) is 3. The summed E-state index contributed by atoms with van der Waals surface area (Å²) in [4.78, 5) is 30.9. The normalized spacial score (nSPS) is 16.0. The van der Waals surface area contributed by atoms with Gasteiger partial charge >= 0.3 is 0 Å². The zero-order chi connectivity index (χ0) is 23.1. The summed E-state index contributed by atoms with van der Waals surface area (Å²) >= 11 is 6.02. The maximum Gasteiger partial charge on any atom is 0.278 e. The van der Waals surface area contributed by atoms with Crippen LogP contribution in [0.15, 0.2) is 72.4 Å². The first-order valence-electron chi connectivity index (χ1n) is 11.2. The highest BCUT2D eigenvalue weighted by Gasteiger charge is 2.42. The molecule has 0 bridgehead atoms. The van der Waals surface area contributed by atoms with Gasteiger partial charge in [0, 0.05) is 18.1 Å². The second-order valence-electron chi connectivity index (χ2n) is 8.81. The first-order chi connectivity index (χ1) is 15.9. The Kier molecular flexibility index (Phi) is 5.55. The lowest BCUT2D eigenvalue weighted by Gasteiger charge is -2.31. The largest absolute Gasteiger partial charge is 0.362 e. The summed E-state index contributed by atoms with van der Waals surface area (Å²) in [5.41, 5.74) is 7.33. The van der Waals surface area contributed by atoms with Crippen molar-refractivity contribution in [1.82, 2.24) is 9.80 Å².